The second kappa shape index (κ2) is 7.33. The summed E-state index contributed by atoms with van der Waals surface area (Å²) in [5, 5.41) is 18.0. The van der Waals surface area contributed by atoms with Crippen LogP contribution in [0.2, 0.25) is 0 Å². The summed E-state index contributed by atoms with van der Waals surface area (Å²) in [6, 6.07) is 21.2. The molecule has 0 saturated heterocycles. The molecule has 0 aliphatic rings. The highest BCUT2D eigenvalue weighted by Crippen LogP contribution is 2.26. The molecule has 2 aromatic heterocycles. The Balaban J connectivity index is 1.24. The minimum Gasteiger partial charge on any atom is -0.483 e. The zero-order valence-electron chi connectivity index (χ0n) is 15.1. The zero-order valence-corrected chi connectivity index (χ0v) is 16.0. The highest BCUT2D eigenvalue weighted by atomic mass is 32.1. The third-order valence-electron chi connectivity index (χ3n) is 4.41. The van der Waals surface area contributed by atoms with Gasteiger partial charge >= 0.3 is 0 Å². The average Bonchev–Trinajstić information content (AvgIpc) is 3.35. The molecule has 1 amide bonds. The molecule has 2 heterocycles. The Morgan fingerprint density at radius 1 is 1.03 bits per heavy atom. The van der Waals surface area contributed by atoms with Gasteiger partial charge in [-0.3, -0.25) is 4.79 Å². The molecule has 5 rings (SSSR count). The molecule has 0 aliphatic heterocycles. The molecule has 0 unspecified atom stereocenters. The summed E-state index contributed by atoms with van der Waals surface area (Å²) < 4.78 is 7.37. The molecule has 3 aromatic carbocycles. The standard InChI is InChI=1S/C21H15N5O2S/c27-19(12-28-18-7-3-5-14-4-1-2-6-17(14)18)23-16-10-8-15(9-11-16)20-25-26-13-22-24-21(26)29-20/h1-11,13H,12H2,(H,23,27). The molecule has 29 heavy (non-hydrogen) atoms. The molecule has 0 fully saturated rings. The average molecular weight is 401 g/mol. The lowest BCUT2D eigenvalue weighted by atomic mass is 10.1. The zero-order chi connectivity index (χ0) is 19.6. The van der Waals surface area contributed by atoms with E-state index in [-0.39, 0.29) is 12.5 Å². The fraction of sp³-hybridized carbons (Fsp3) is 0.0476. The molecule has 8 heteroatoms. The van der Waals surface area contributed by atoms with Gasteiger partial charge in [0.05, 0.1) is 0 Å². The first-order valence-electron chi connectivity index (χ1n) is 8.94. The molecule has 0 aliphatic carbocycles. The summed E-state index contributed by atoms with van der Waals surface area (Å²) in [5.74, 6) is 0.473. The third kappa shape index (κ3) is 3.53. The van der Waals surface area contributed by atoms with Crippen molar-refractivity contribution in [1.82, 2.24) is 19.8 Å². The number of amides is 1. The van der Waals surface area contributed by atoms with Gasteiger partial charge in [-0.25, -0.2) is 0 Å². The molecule has 5 aromatic rings. The van der Waals surface area contributed by atoms with Crippen LogP contribution in [0.3, 0.4) is 0 Å². The maximum atomic E-state index is 12.3. The normalized spacial score (nSPS) is 11.0. The molecular formula is C21H15N5O2S. The first kappa shape index (κ1) is 17.3. The Morgan fingerprint density at radius 3 is 2.72 bits per heavy atom. The minimum atomic E-state index is -0.218. The van der Waals surface area contributed by atoms with Gasteiger partial charge < -0.3 is 10.1 Å². The number of carbonyl (C=O) groups excluding carboxylic acids is 1. The Morgan fingerprint density at radius 2 is 1.86 bits per heavy atom. The van der Waals surface area contributed by atoms with Crippen molar-refractivity contribution < 1.29 is 9.53 Å². The highest BCUT2D eigenvalue weighted by molar-refractivity contribution is 7.19. The van der Waals surface area contributed by atoms with Gasteiger partial charge in [0.1, 0.15) is 17.1 Å². The number of carbonyl (C=O) groups is 1. The Bertz CT molecular complexity index is 1280. The van der Waals surface area contributed by atoms with Gasteiger partial charge in [0.2, 0.25) is 4.96 Å². The molecule has 1 N–H and O–H groups in total. The monoisotopic (exact) mass is 401 g/mol. The van der Waals surface area contributed by atoms with Gasteiger partial charge in [-0.05, 0) is 35.7 Å². The second-order valence-corrected chi connectivity index (χ2v) is 7.31. The topological polar surface area (TPSA) is 81.4 Å². The fourth-order valence-electron chi connectivity index (χ4n) is 3.03. The van der Waals surface area contributed by atoms with Crippen LogP contribution in [-0.4, -0.2) is 32.3 Å². The van der Waals surface area contributed by atoms with E-state index >= 15 is 0 Å². The van der Waals surface area contributed by atoms with E-state index in [2.05, 4.69) is 20.6 Å². The van der Waals surface area contributed by atoms with Crippen LogP contribution in [0.15, 0.2) is 73.1 Å². The van der Waals surface area contributed by atoms with Crippen LogP contribution in [0.25, 0.3) is 26.3 Å². The van der Waals surface area contributed by atoms with Crippen molar-refractivity contribution in [3.8, 4) is 16.3 Å². The van der Waals surface area contributed by atoms with Crippen LogP contribution in [0.5, 0.6) is 5.75 Å². The molecule has 0 spiro atoms. The van der Waals surface area contributed by atoms with Crippen LogP contribution in [0, 0.1) is 0 Å². The van der Waals surface area contributed by atoms with Crippen molar-refractivity contribution in [2.24, 2.45) is 0 Å². The maximum absolute atomic E-state index is 12.3. The molecule has 7 nitrogen and oxygen atoms in total. The predicted molar refractivity (Wildman–Crippen MR) is 112 cm³/mol. The van der Waals surface area contributed by atoms with Crippen molar-refractivity contribution in [3.05, 3.63) is 73.1 Å². The van der Waals surface area contributed by atoms with E-state index < -0.39 is 0 Å². The number of nitrogens with one attached hydrogen (secondary N) is 1. The summed E-state index contributed by atoms with van der Waals surface area (Å²) in [5.41, 5.74) is 1.65. The summed E-state index contributed by atoms with van der Waals surface area (Å²) in [6.07, 6.45) is 1.57. The summed E-state index contributed by atoms with van der Waals surface area (Å²) >= 11 is 1.45. The van der Waals surface area contributed by atoms with E-state index in [9.17, 15) is 4.79 Å². The number of hydrogen-bond acceptors (Lipinski definition) is 6. The van der Waals surface area contributed by atoms with Crippen molar-refractivity contribution in [2.45, 2.75) is 0 Å². The number of fused-ring (bicyclic) bond motifs is 2. The maximum Gasteiger partial charge on any atom is 0.262 e. The van der Waals surface area contributed by atoms with E-state index in [1.165, 1.54) is 11.3 Å². The number of aromatic nitrogens is 4. The van der Waals surface area contributed by atoms with Gasteiger partial charge in [-0.15, -0.1) is 10.2 Å². The van der Waals surface area contributed by atoms with Crippen LogP contribution >= 0.6 is 11.3 Å². The summed E-state index contributed by atoms with van der Waals surface area (Å²) in [6.45, 7) is -0.0631. The number of hydrogen-bond donors (Lipinski definition) is 1. The molecular weight excluding hydrogens is 386 g/mol. The lowest BCUT2D eigenvalue weighted by Crippen LogP contribution is -2.20. The minimum absolute atomic E-state index is 0.0631. The van der Waals surface area contributed by atoms with Crippen molar-refractivity contribution in [3.63, 3.8) is 0 Å². The molecule has 0 radical (unpaired) electrons. The smallest absolute Gasteiger partial charge is 0.262 e. The van der Waals surface area contributed by atoms with E-state index in [4.69, 9.17) is 4.74 Å². The third-order valence-corrected chi connectivity index (χ3v) is 5.37. The molecule has 142 valence electrons. The van der Waals surface area contributed by atoms with E-state index in [1.807, 2.05) is 66.7 Å². The fourth-order valence-corrected chi connectivity index (χ4v) is 3.86. The van der Waals surface area contributed by atoms with E-state index in [1.54, 1.807) is 10.8 Å². The highest BCUT2D eigenvalue weighted by Gasteiger charge is 2.09. The predicted octanol–water partition coefficient (Wildman–Crippen LogP) is 4.02. The van der Waals surface area contributed by atoms with Crippen molar-refractivity contribution >= 4 is 38.7 Å². The van der Waals surface area contributed by atoms with Crippen LogP contribution in [0.1, 0.15) is 0 Å². The van der Waals surface area contributed by atoms with Crippen molar-refractivity contribution in [1.29, 1.82) is 0 Å². The molecule has 0 atom stereocenters. The number of rotatable bonds is 5. The molecule has 0 bridgehead atoms. The van der Waals surface area contributed by atoms with Gasteiger partial charge in [0.15, 0.2) is 6.61 Å². The van der Waals surface area contributed by atoms with Gasteiger partial charge in [0.25, 0.3) is 5.91 Å². The Kier molecular flexibility index (Phi) is 4.38. The number of benzene rings is 3. The SMILES string of the molecule is O=C(COc1cccc2ccccc12)Nc1ccc(-c2nn3cnnc3s2)cc1. The number of anilines is 1. The van der Waals surface area contributed by atoms with Gasteiger partial charge in [-0.1, -0.05) is 47.7 Å². The summed E-state index contributed by atoms with van der Waals surface area (Å²) in [7, 11) is 0. The van der Waals surface area contributed by atoms with Crippen LogP contribution in [0.4, 0.5) is 5.69 Å². The number of nitrogens with zero attached hydrogens (tertiary/aromatic N) is 4. The van der Waals surface area contributed by atoms with E-state index in [0.29, 0.717) is 11.4 Å². The summed E-state index contributed by atoms with van der Waals surface area (Å²) in [4.78, 5) is 13.0. The lowest BCUT2D eigenvalue weighted by molar-refractivity contribution is -0.118. The van der Waals surface area contributed by atoms with Gasteiger partial charge in [0, 0.05) is 16.6 Å². The first-order valence-corrected chi connectivity index (χ1v) is 9.76. The second-order valence-electron chi connectivity index (χ2n) is 6.36. The quantitative estimate of drug-likeness (QED) is 0.481. The van der Waals surface area contributed by atoms with Gasteiger partial charge in [-0.2, -0.15) is 9.61 Å². The first-order chi connectivity index (χ1) is 14.3. The van der Waals surface area contributed by atoms with E-state index in [0.717, 1.165) is 26.3 Å². The molecule has 0 saturated carbocycles. The Hall–Kier alpha value is -3.78. The Labute approximate surface area is 169 Å². The van der Waals surface area contributed by atoms with Crippen LogP contribution < -0.4 is 10.1 Å². The lowest BCUT2D eigenvalue weighted by Gasteiger charge is -2.10. The van der Waals surface area contributed by atoms with Crippen molar-refractivity contribution in [2.75, 3.05) is 11.9 Å². The number of ether oxygens (including phenoxy) is 1. The van der Waals surface area contributed by atoms with Crippen LogP contribution in [-0.2, 0) is 4.79 Å². The largest absolute Gasteiger partial charge is 0.483 e.